The van der Waals surface area contributed by atoms with Gasteiger partial charge in [-0.05, 0) is 32.8 Å². The van der Waals surface area contributed by atoms with Crippen molar-refractivity contribution in [3.05, 3.63) is 56.2 Å². The summed E-state index contributed by atoms with van der Waals surface area (Å²) in [5, 5.41) is 2.66. The number of imide groups is 1. The van der Waals surface area contributed by atoms with E-state index in [1.54, 1.807) is 26.0 Å². The summed E-state index contributed by atoms with van der Waals surface area (Å²) in [6, 6.07) is 6.44. The van der Waals surface area contributed by atoms with E-state index in [0.29, 0.717) is 12.0 Å². The second-order valence-corrected chi connectivity index (χ2v) is 8.45. The second kappa shape index (κ2) is 9.54. The van der Waals surface area contributed by atoms with Gasteiger partial charge in [0.1, 0.15) is 17.9 Å². The van der Waals surface area contributed by atoms with Crippen molar-refractivity contribution in [3.63, 3.8) is 0 Å². The number of urea groups is 1. The van der Waals surface area contributed by atoms with Gasteiger partial charge in [0.2, 0.25) is 5.91 Å². The second-order valence-electron chi connectivity index (χ2n) is 8.45. The highest BCUT2D eigenvalue weighted by atomic mass is 16.2. The molecule has 1 unspecified atom stereocenters. The monoisotopic (exact) mass is 470 g/mol. The maximum atomic E-state index is 13.2. The molecule has 34 heavy (non-hydrogen) atoms. The summed E-state index contributed by atoms with van der Waals surface area (Å²) in [5.41, 5.74) is 4.72. The fourth-order valence-corrected chi connectivity index (χ4v) is 3.98. The molecule has 1 aromatic heterocycles. The number of hydrogen-bond donors (Lipinski definition) is 3. The van der Waals surface area contributed by atoms with Gasteiger partial charge in [-0.1, -0.05) is 43.2 Å². The number of anilines is 2. The number of nitrogen functional groups attached to an aromatic ring is 1. The Morgan fingerprint density at radius 1 is 1.12 bits per heavy atom. The molecule has 1 aromatic carbocycles. The van der Waals surface area contributed by atoms with Crippen molar-refractivity contribution in [2.45, 2.75) is 52.6 Å². The number of nitrogens with one attached hydrogen (secondary N) is 2. The lowest BCUT2D eigenvalue weighted by Gasteiger charge is -2.25. The van der Waals surface area contributed by atoms with Crippen molar-refractivity contribution in [1.29, 1.82) is 0 Å². The zero-order chi connectivity index (χ0) is 25.2. The van der Waals surface area contributed by atoms with E-state index in [2.05, 4.69) is 10.3 Å². The van der Waals surface area contributed by atoms with Crippen molar-refractivity contribution >= 4 is 29.4 Å². The van der Waals surface area contributed by atoms with Crippen LogP contribution in [0.25, 0.3) is 0 Å². The number of unbranched alkanes of at least 4 members (excludes halogenated alkanes) is 1. The van der Waals surface area contributed by atoms with Gasteiger partial charge in [-0.25, -0.2) is 9.59 Å². The number of amides is 4. The number of nitrogens with two attached hydrogens (primary N) is 1. The van der Waals surface area contributed by atoms with Gasteiger partial charge in [-0.3, -0.25) is 28.8 Å². The fourth-order valence-electron chi connectivity index (χ4n) is 3.98. The Morgan fingerprint density at radius 2 is 1.76 bits per heavy atom. The molecule has 0 saturated carbocycles. The van der Waals surface area contributed by atoms with Crippen LogP contribution in [0.2, 0.25) is 0 Å². The molecule has 1 atom stereocenters. The number of aromatic amines is 1. The number of aromatic nitrogens is 2. The molecule has 1 fully saturated rings. The van der Waals surface area contributed by atoms with E-state index in [-0.39, 0.29) is 24.6 Å². The molecule has 3 rings (SSSR count). The molecule has 1 aliphatic heterocycles. The van der Waals surface area contributed by atoms with Gasteiger partial charge in [0.15, 0.2) is 5.69 Å². The smallest absolute Gasteiger partial charge is 0.330 e. The standard InChI is InChI=1S/C23H30N6O5/c1-5-7-12-28-18(24)17(19(31)25-21(28)33)27(6-2)16(30)13-29-20(32)23(4,26-22(29)34)15-10-8-14(3)9-11-15/h8-11H,5-7,12-13,24H2,1-4H3,(H,26,34)(H,25,31,33). The van der Waals surface area contributed by atoms with Gasteiger partial charge in [0.05, 0.1) is 0 Å². The molecule has 0 aliphatic carbocycles. The number of aryl methyl sites for hydroxylation is 1. The fraction of sp³-hybridized carbons (Fsp3) is 0.435. The number of likely N-dealkylation sites (N-methyl/N-ethyl adjacent to an activating group) is 1. The van der Waals surface area contributed by atoms with Gasteiger partial charge in [-0.2, -0.15) is 0 Å². The highest BCUT2D eigenvalue weighted by Gasteiger charge is 2.49. The Bertz CT molecular complexity index is 1230. The molecule has 2 aromatic rings. The van der Waals surface area contributed by atoms with Crippen LogP contribution < -0.4 is 27.2 Å². The first-order valence-corrected chi connectivity index (χ1v) is 11.2. The van der Waals surface area contributed by atoms with Gasteiger partial charge in [-0.15, -0.1) is 0 Å². The van der Waals surface area contributed by atoms with Crippen LogP contribution in [0.3, 0.4) is 0 Å². The third-order valence-corrected chi connectivity index (χ3v) is 6.03. The van der Waals surface area contributed by atoms with E-state index < -0.39 is 41.2 Å². The molecule has 1 saturated heterocycles. The molecule has 11 nitrogen and oxygen atoms in total. The Hall–Kier alpha value is -3.89. The first-order chi connectivity index (χ1) is 16.0. The summed E-state index contributed by atoms with van der Waals surface area (Å²) in [7, 11) is 0. The molecular weight excluding hydrogens is 440 g/mol. The van der Waals surface area contributed by atoms with Crippen LogP contribution in [0.1, 0.15) is 44.7 Å². The predicted octanol–water partition coefficient (Wildman–Crippen LogP) is 1.05. The predicted molar refractivity (Wildman–Crippen MR) is 127 cm³/mol. The van der Waals surface area contributed by atoms with Crippen molar-refractivity contribution in [1.82, 2.24) is 19.8 Å². The average molecular weight is 471 g/mol. The van der Waals surface area contributed by atoms with Crippen molar-refractivity contribution in [3.8, 4) is 0 Å². The van der Waals surface area contributed by atoms with Gasteiger partial charge >= 0.3 is 11.7 Å². The summed E-state index contributed by atoms with van der Waals surface area (Å²) in [6.07, 6.45) is 1.44. The number of carbonyl (C=O) groups is 3. The van der Waals surface area contributed by atoms with Crippen LogP contribution in [0, 0.1) is 6.92 Å². The zero-order valence-electron chi connectivity index (χ0n) is 19.8. The van der Waals surface area contributed by atoms with Crippen molar-refractivity contribution in [2.24, 2.45) is 0 Å². The van der Waals surface area contributed by atoms with Crippen molar-refractivity contribution in [2.75, 3.05) is 23.7 Å². The largest absolute Gasteiger partial charge is 0.383 e. The normalized spacial score (nSPS) is 17.7. The molecule has 0 bridgehead atoms. The van der Waals surface area contributed by atoms with Crippen LogP contribution in [0.5, 0.6) is 0 Å². The molecule has 0 radical (unpaired) electrons. The van der Waals surface area contributed by atoms with E-state index in [1.165, 1.54) is 4.57 Å². The SMILES string of the molecule is CCCCn1c(N)c(N(CC)C(=O)CN2C(=O)NC(C)(c3ccc(C)cc3)C2=O)c(=O)[nH]c1=O. The van der Waals surface area contributed by atoms with Crippen LogP contribution in [0.4, 0.5) is 16.3 Å². The lowest BCUT2D eigenvalue weighted by molar-refractivity contribution is -0.134. The summed E-state index contributed by atoms with van der Waals surface area (Å²) in [6.45, 7) is 6.78. The van der Waals surface area contributed by atoms with Crippen LogP contribution in [-0.2, 0) is 21.7 Å². The first-order valence-electron chi connectivity index (χ1n) is 11.2. The van der Waals surface area contributed by atoms with E-state index in [1.807, 2.05) is 26.0 Å². The molecule has 0 spiro atoms. The zero-order valence-corrected chi connectivity index (χ0v) is 19.8. The van der Waals surface area contributed by atoms with Crippen LogP contribution in [0.15, 0.2) is 33.9 Å². The Morgan fingerprint density at radius 3 is 2.35 bits per heavy atom. The van der Waals surface area contributed by atoms with Crippen molar-refractivity contribution < 1.29 is 14.4 Å². The summed E-state index contributed by atoms with van der Waals surface area (Å²) >= 11 is 0. The minimum absolute atomic E-state index is 0.0387. The third-order valence-electron chi connectivity index (χ3n) is 6.03. The first kappa shape index (κ1) is 24.7. The lowest BCUT2D eigenvalue weighted by atomic mass is 9.91. The topological polar surface area (TPSA) is 151 Å². The highest BCUT2D eigenvalue weighted by Crippen LogP contribution is 2.29. The number of H-pyrrole nitrogens is 1. The minimum Gasteiger partial charge on any atom is -0.383 e. The minimum atomic E-state index is -1.33. The number of hydrogen-bond acceptors (Lipinski definition) is 6. The molecule has 11 heteroatoms. The number of carbonyl (C=O) groups excluding carboxylic acids is 3. The van der Waals surface area contributed by atoms with Crippen LogP contribution in [-0.4, -0.2) is 45.4 Å². The van der Waals surface area contributed by atoms with E-state index in [0.717, 1.165) is 21.8 Å². The lowest BCUT2D eigenvalue weighted by Crippen LogP contribution is -2.47. The van der Waals surface area contributed by atoms with E-state index in [4.69, 9.17) is 5.73 Å². The quantitative estimate of drug-likeness (QED) is 0.491. The highest BCUT2D eigenvalue weighted by molar-refractivity contribution is 6.10. The molecule has 182 valence electrons. The molecule has 1 aliphatic rings. The number of nitrogens with zero attached hydrogens (tertiary/aromatic N) is 3. The average Bonchev–Trinajstić information content (AvgIpc) is 3.00. The summed E-state index contributed by atoms with van der Waals surface area (Å²) in [4.78, 5) is 67.9. The molecule has 4 N–H and O–H groups in total. The summed E-state index contributed by atoms with van der Waals surface area (Å²) < 4.78 is 1.21. The maximum absolute atomic E-state index is 13.2. The Balaban J connectivity index is 1.91. The van der Waals surface area contributed by atoms with E-state index in [9.17, 15) is 24.0 Å². The van der Waals surface area contributed by atoms with Gasteiger partial charge < -0.3 is 16.0 Å². The summed E-state index contributed by atoms with van der Waals surface area (Å²) in [5.74, 6) is -1.41. The Kier molecular flexibility index (Phi) is 6.94. The number of rotatable bonds is 8. The molecule has 2 heterocycles. The molecule has 4 amide bonds. The molecular formula is C23H30N6O5. The van der Waals surface area contributed by atoms with E-state index >= 15 is 0 Å². The van der Waals surface area contributed by atoms with Crippen LogP contribution >= 0.6 is 0 Å². The Labute approximate surface area is 196 Å². The van der Waals surface area contributed by atoms with Gasteiger partial charge in [0.25, 0.3) is 11.5 Å². The maximum Gasteiger partial charge on any atom is 0.330 e. The number of benzene rings is 1. The third kappa shape index (κ3) is 4.33. The van der Waals surface area contributed by atoms with Gasteiger partial charge in [0, 0.05) is 13.1 Å².